The molecule has 0 bridgehead atoms. The molecule has 2 unspecified atom stereocenters. The molecule has 1 aliphatic carbocycles. The van der Waals surface area contributed by atoms with E-state index in [4.69, 9.17) is 0 Å². The van der Waals surface area contributed by atoms with Crippen molar-refractivity contribution < 1.29 is 18.4 Å². The van der Waals surface area contributed by atoms with E-state index < -0.39 is 21.1 Å². The van der Waals surface area contributed by atoms with Gasteiger partial charge in [0, 0.05) is 12.6 Å². The number of nitrogens with one attached hydrogen (secondary N) is 1. The Labute approximate surface area is 170 Å². The Bertz CT molecular complexity index is 965. The number of nitro groups is 1. The Balaban J connectivity index is 1.96. The average Bonchev–Trinajstić information content (AvgIpc) is 2.71. The van der Waals surface area contributed by atoms with E-state index in [-0.39, 0.29) is 28.9 Å². The zero-order valence-corrected chi connectivity index (χ0v) is 17.0. The van der Waals surface area contributed by atoms with Crippen LogP contribution in [0.3, 0.4) is 0 Å². The maximum Gasteiger partial charge on any atom is 0.293 e. The van der Waals surface area contributed by atoms with Crippen molar-refractivity contribution in [3.8, 4) is 0 Å². The van der Waals surface area contributed by atoms with E-state index in [1.54, 1.807) is 37.3 Å². The van der Waals surface area contributed by atoms with E-state index in [2.05, 4.69) is 5.32 Å². The fourth-order valence-electron chi connectivity index (χ4n) is 3.64. The summed E-state index contributed by atoms with van der Waals surface area (Å²) in [6.45, 7) is 1.90. The van der Waals surface area contributed by atoms with Crippen molar-refractivity contribution in [3.05, 3.63) is 58.6 Å². The van der Waals surface area contributed by atoms with E-state index >= 15 is 0 Å². The Morgan fingerprint density at radius 3 is 2.48 bits per heavy atom. The number of sulfonamides is 1. The first-order chi connectivity index (χ1) is 13.8. The predicted molar refractivity (Wildman–Crippen MR) is 112 cm³/mol. The zero-order valence-electron chi connectivity index (χ0n) is 16.2. The summed E-state index contributed by atoms with van der Waals surface area (Å²) < 4.78 is 27.5. The fourth-order valence-corrected chi connectivity index (χ4v) is 5.13. The lowest BCUT2D eigenvalue weighted by molar-refractivity contribution is -0.384. The van der Waals surface area contributed by atoms with E-state index in [1.807, 2.05) is 0 Å². The average molecular weight is 420 g/mol. The molecule has 29 heavy (non-hydrogen) atoms. The normalized spacial score (nSPS) is 19.5. The van der Waals surface area contributed by atoms with Gasteiger partial charge in [-0.3, -0.25) is 14.4 Å². The standard InChI is InChI=1S/C20H25N3O5S/c1-2-22(15-8-4-3-5-9-15)29(27,28)16-12-13-17(19(14-16)23(25)26)21-18-10-6-7-11-20(18)24/h3-5,8-9,12-14,18,20-21,24H,2,6-7,10-11H2,1H3. The molecular formula is C20H25N3O5S. The summed E-state index contributed by atoms with van der Waals surface area (Å²) in [7, 11) is -3.97. The molecule has 0 aromatic heterocycles. The monoisotopic (exact) mass is 419 g/mol. The van der Waals surface area contributed by atoms with Crippen LogP contribution in [0.1, 0.15) is 32.6 Å². The Hall–Kier alpha value is -2.65. The lowest BCUT2D eigenvalue weighted by Crippen LogP contribution is -2.36. The Morgan fingerprint density at radius 2 is 1.86 bits per heavy atom. The van der Waals surface area contributed by atoms with Crippen molar-refractivity contribution in [1.29, 1.82) is 0 Å². The molecule has 2 N–H and O–H groups in total. The molecule has 9 heteroatoms. The molecule has 8 nitrogen and oxygen atoms in total. The summed E-state index contributed by atoms with van der Waals surface area (Å²) in [6.07, 6.45) is 2.61. The smallest absolute Gasteiger partial charge is 0.293 e. The second-order valence-corrected chi connectivity index (χ2v) is 8.91. The summed E-state index contributed by atoms with van der Waals surface area (Å²) in [5, 5.41) is 24.8. The molecule has 2 atom stereocenters. The fraction of sp³-hybridized carbons (Fsp3) is 0.400. The van der Waals surface area contributed by atoms with Gasteiger partial charge in [-0.2, -0.15) is 0 Å². The SMILES string of the molecule is CCN(c1ccccc1)S(=O)(=O)c1ccc(NC2CCCCC2O)c([N+](=O)[O-])c1. The molecule has 2 aromatic carbocycles. The molecule has 0 aliphatic heterocycles. The number of hydrogen-bond donors (Lipinski definition) is 2. The van der Waals surface area contributed by atoms with Gasteiger partial charge in [0.1, 0.15) is 5.69 Å². The largest absolute Gasteiger partial charge is 0.391 e. The lowest BCUT2D eigenvalue weighted by atomic mass is 9.92. The number of nitro benzene ring substituents is 1. The van der Waals surface area contributed by atoms with Crippen molar-refractivity contribution in [2.45, 2.75) is 49.6 Å². The van der Waals surface area contributed by atoms with Gasteiger partial charge in [-0.1, -0.05) is 31.0 Å². The van der Waals surface area contributed by atoms with Crippen LogP contribution in [0.4, 0.5) is 17.1 Å². The highest BCUT2D eigenvalue weighted by atomic mass is 32.2. The highest BCUT2D eigenvalue weighted by Crippen LogP contribution is 2.32. The van der Waals surface area contributed by atoms with Gasteiger partial charge in [0.25, 0.3) is 15.7 Å². The number of aliphatic hydroxyl groups excluding tert-OH is 1. The van der Waals surface area contributed by atoms with E-state index in [1.165, 1.54) is 16.4 Å². The zero-order chi connectivity index (χ0) is 21.0. The molecule has 0 saturated heterocycles. The molecule has 3 rings (SSSR count). The molecule has 2 aromatic rings. The minimum absolute atomic E-state index is 0.148. The van der Waals surface area contributed by atoms with Gasteiger partial charge >= 0.3 is 0 Å². The van der Waals surface area contributed by atoms with Gasteiger partial charge < -0.3 is 10.4 Å². The van der Waals surface area contributed by atoms with Crippen LogP contribution in [0.15, 0.2) is 53.4 Å². The molecular weight excluding hydrogens is 394 g/mol. The molecule has 0 amide bonds. The quantitative estimate of drug-likeness (QED) is 0.524. The van der Waals surface area contributed by atoms with Gasteiger partial charge in [-0.05, 0) is 44.0 Å². The first kappa shape index (κ1) is 21.1. The van der Waals surface area contributed by atoms with E-state index in [0.717, 1.165) is 18.9 Å². The molecule has 156 valence electrons. The van der Waals surface area contributed by atoms with Gasteiger partial charge in [0.2, 0.25) is 0 Å². The van der Waals surface area contributed by atoms with Crippen LogP contribution in [-0.4, -0.2) is 37.1 Å². The number of aliphatic hydroxyl groups is 1. The maximum atomic E-state index is 13.1. The van der Waals surface area contributed by atoms with Crippen LogP contribution in [0.5, 0.6) is 0 Å². The van der Waals surface area contributed by atoms with Crippen molar-refractivity contribution in [2.24, 2.45) is 0 Å². The second kappa shape index (κ2) is 8.79. The minimum atomic E-state index is -3.97. The second-order valence-electron chi connectivity index (χ2n) is 7.04. The molecule has 0 spiro atoms. The third-order valence-corrected chi connectivity index (χ3v) is 7.05. The predicted octanol–water partition coefficient (Wildman–Crippen LogP) is 3.53. The Kier molecular flexibility index (Phi) is 6.39. The van der Waals surface area contributed by atoms with Crippen LogP contribution in [0, 0.1) is 10.1 Å². The summed E-state index contributed by atoms with van der Waals surface area (Å²) in [4.78, 5) is 10.9. The number of para-hydroxylation sites is 1. The van der Waals surface area contributed by atoms with E-state index in [9.17, 15) is 23.6 Å². The highest BCUT2D eigenvalue weighted by molar-refractivity contribution is 7.92. The lowest BCUT2D eigenvalue weighted by Gasteiger charge is -2.29. The van der Waals surface area contributed by atoms with Crippen LogP contribution in [0.2, 0.25) is 0 Å². The third kappa shape index (κ3) is 4.51. The van der Waals surface area contributed by atoms with Crippen molar-refractivity contribution >= 4 is 27.1 Å². The molecule has 1 aliphatic rings. The number of anilines is 2. The summed E-state index contributed by atoms with van der Waals surface area (Å²) in [5.74, 6) is 0. The first-order valence-electron chi connectivity index (χ1n) is 9.65. The van der Waals surface area contributed by atoms with Crippen LogP contribution < -0.4 is 9.62 Å². The topological polar surface area (TPSA) is 113 Å². The molecule has 0 heterocycles. The van der Waals surface area contributed by atoms with Crippen LogP contribution in [0.25, 0.3) is 0 Å². The van der Waals surface area contributed by atoms with Crippen molar-refractivity contribution in [3.63, 3.8) is 0 Å². The summed E-state index contributed by atoms with van der Waals surface area (Å²) in [6, 6.07) is 12.2. The molecule has 0 radical (unpaired) electrons. The van der Waals surface area contributed by atoms with E-state index in [0.29, 0.717) is 18.5 Å². The van der Waals surface area contributed by atoms with Gasteiger partial charge in [0.05, 0.1) is 27.7 Å². The third-order valence-electron chi connectivity index (χ3n) is 5.16. The van der Waals surface area contributed by atoms with Crippen LogP contribution >= 0.6 is 0 Å². The van der Waals surface area contributed by atoms with Crippen molar-refractivity contribution in [2.75, 3.05) is 16.2 Å². The van der Waals surface area contributed by atoms with Crippen LogP contribution in [-0.2, 0) is 10.0 Å². The summed E-state index contributed by atoms with van der Waals surface area (Å²) >= 11 is 0. The maximum absolute atomic E-state index is 13.1. The highest BCUT2D eigenvalue weighted by Gasteiger charge is 2.29. The number of hydrogen-bond acceptors (Lipinski definition) is 6. The molecule has 1 saturated carbocycles. The van der Waals surface area contributed by atoms with Gasteiger partial charge in [-0.25, -0.2) is 8.42 Å². The summed E-state index contributed by atoms with van der Waals surface area (Å²) in [5.41, 5.74) is 0.376. The molecule has 1 fully saturated rings. The number of benzene rings is 2. The van der Waals surface area contributed by atoms with Gasteiger partial charge in [0.15, 0.2) is 0 Å². The Morgan fingerprint density at radius 1 is 1.17 bits per heavy atom. The number of nitrogens with zero attached hydrogens (tertiary/aromatic N) is 2. The minimum Gasteiger partial charge on any atom is -0.391 e. The first-order valence-corrected chi connectivity index (χ1v) is 11.1. The van der Waals surface area contributed by atoms with Gasteiger partial charge in [-0.15, -0.1) is 0 Å². The van der Waals surface area contributed by atoms with Crippen molar-refractivity contribution in [1.82, 2.24) is 0 Å². The number of rotatable bonds is 7.